The molecule has 1 saturated heterocycles. The number of carbonyl (C=O) groups excluding carboxylic acids is 1. The van der Waals surface area contributed by atoms with E-state index in [0.29, 0.717) is 6.42 Å². The van der Waals surface area contributed by atoms with Gasteiger partial charge >= 0.3 is 5.97 Å². The number of hydrogen-bond donors (Lipinski definition) is 1. The topological polar surface area (TPSA) is 57.6 Å². The van der Waals surface area contributed by atoms with Gasteiger partial charge in [-0.05, 0) is 0 Å². The monoisotopic (exact) mass is 217 g/mol. The molecule has 5 heteroatoms. The molecule has 1 rings (SSSR count). The number of likely N-dealkylation sites (tertiary alicyclic amines) is 1. The molecule has 0 aromatic carbocycles. The smallest absolute Gasteiger partial charge is 0.323 e. The third kappa shape index (κ3) is 2.90. The summed E-state index contributed by atoms with van der Waals surface area (Å²) in [5.41, 5.74) is 0. The highest BCUT2D eigenvalue weighted by Gasteiger charge is 2.39. The maximum atomic E-state index is 11.1. The molecule has 14 heavy (non-hydrogen) atoms. The molecule has 0 spiro atoms. The van der Waals surface area contributed by atoms with Crippen molar-refractivity contribution in [1.29, 1.82) is 0 Å². The molecule has 0 aromatic heterocycles. The average Bonchev–Trinajstić information content (AvgIpc) is 1.97. The molecule has 1 fully saturated rings. The van der Waals surface area contributed by atoms with E-state index in [1.165, 1.54) is 4.90 Å². The molecule has 1 aliphatic heterocycles. The number of hydrogen-bond acceptors (Lipinski definition) is 3. The van der Waals surface area contributed by atoms with Crippen LogP contribution in [0.5, 0.6) is 0 Å². The summed E-state index contributed by atoms with van der Waals surface area (Å²) in [5.74, 6) is -1.01. The van der Waals surface area contributed by atoms with Gasteiger partial charge in [0.15, 0.2) is 0 Å². The number of nitrogens with zero attached hydrogens (tertiary/aromatic N) is 1. The van der Waals surface area contributed by atoms with E-state index in [4.69, 9.17) is 5.11 Å². The van der Waals surface area contributed by atoms with Crippen LogP contribution < -0.4 is 0 Å². The first-order chi connectivity index (χ1) is 6.29. The van der Waals surface area contributed by atoms with Crippen molar-refractivity contribution >= 4 is 23.6 Å². The van der Waals surface area contributed by atoms with Crippen LogP contribution in [-0.2, 0) is 9.59 Å². The minimum absolute atomic E-state index is 0.0404. The number of carbonyl (C=O) groups is 2. The van der Waals surface area contributed by atoms with Gasteiger partial charge < -0.3 is 10.0 Å². The van der Waals surface area contributed by atoms with Crippen LogP contribution >= 0.6 is 11.8 Å². The van der Waals surface area contributed by atoms with Crippen LogP contribution in [0, 0.1) is 0 Å². The van der Waals surface area contributed by atoms with Crippen molar-refractivity contribution in [1.82, 2.24) is 4.90 Å². The Bertz CT molecular complexity index is 259. The van der Waals surface area contributed by atoms with Gasteiger partial charge in [0.25, 0.3) is 0 Å². The van der Waals surface area contributed by atoms with E-state index in [1.54, 1.807) is 11.8 Å². The fraction of sp³-hybridized carbons (Fsp3) is 0.778. The van der Waals surface area contributed by atoms with E-state index in [1.807, 2.05) is 0 Å². The summed E-state index contributed by atoms with van der Waals surface area (Å²) in [6.45, 7) is 5.99. The Balaban J connectivity index is 2.49. The Hall–Kier alpha value is -0.710. The third-order valence-electron chi connectivity index (χ3n) is 1.81. The SMILES string of the molecule is CC(C)(C)SC1CC(=O)N1CC(=O)O. The average molecular weight is 217 g/mol. The van der Waals surface area contributed by atoms with Crippen molar-refractivity contribution in [3.63, 3.8) is 0 Å². The number of β-lactam (4-membered cyclic amide) rings is 1. The van der Waals surface area contributed by atoms with Gasteiger partial charge in [0.2, 0.25) is 5.91 Å². The Morgan fingerprint density at radius 3 is 2.57 bits per heavy atom. The fourth-order valence-electron chi connectivity index (χ4n) is 1.27. The van der Waals surface area contributed by atoms with Crippen LogP contribution in [0.4, 0.5) is 0 Å². The molecule has 0 aliphatic carbocycles. The van der Waals surface area contributed by atoms with Crippen molar-refractivity contribution in [2.24, 2.45) is 0 Å². The molecule has 1 unspecified atom stereocenters. The molecule has 0 aromatic rings. The van der Waals surface area contributed by atoms with Crippen LogP contribution in [0.15, 0.2) is 0 Å². The molecular formula is C9H15NO3S. The third-order valence-corrected chi connectivity index (χ3v) is 3.21. The fourth-order valence-corrected chi connectivity index (χ4v) is 2.64. The quantitative estimate of drug-likeness (QED) is 0.721. The van der Waals surface area contributed by atoms with Crippen LogP contribution in [0.3, 0.4) is 0 Å². The van der Waals surface area contributed by atoms with E-state index in [2.05, 4.69) is 20.8 Å². The van der Waals surface area contributed by atoms with Gasteiger partial charge in [-0.3, -0.25) is 9.59 Å². The molecule has 1 aliphatic rings. The number of thioether (sulfide) groups is 1. The lowest BCUT2D eigenvalue weighted by atomic mass is 10.2. The highest BCUT2D eigenvalue weighted by molar-refractivity contribution is 8.01. The molecule has 1 atom stereocenters. The summed E-state index contributed by atoms with van der Waals surface area (Å²) in [7, 11) is 0. The maximum absolute atomic E-state index is 11.1. The summed E-state index contributed by atoms with van der Waals surface area (Å²) < 4.78 is 0.0577. The van der Waals surface area contributed by atoms with Crippen molar-refractivity contribution in [3.8, 4) is 0 Å². The Morgan fingerprint density at radius 2 is 2.21 bits per heavy atom. The van der Waals surface area contributed by atoms with Gasteiger partial charge in [-0.2, -0.15) is 0 Å². The Labute approximate surface area is 87.7 Å². The maximum Gasteiger partial charge on any atom is 0.323 e. The van der Waals surface area contributed by atoms with Crippen molar-refractivity contribution in [2.45, 2.75) is 37.3 Å². The van der Waals surface area contributed by atoms with Gasteiger partial charge in [-0.25, -0.2) is 0 Å². The van der Waals surface area contributed by atoms with Gasteiger partial charge in [0.05, 0.1) is 11.8 Å². The lowest BCUT2D eigenvalue weighted by Gasteiger charge is -2.41. The number of amides is 1. The first-order valence-corrected chi connectivity index (χ1v) is 5.36. The first kappa shape index (κ1) is 11.4. The van der Waals surface area contributed by atoms with Crippen LogP contribution in [0.2, 0.25) is 0 Å². The van der Waals surface area contributed by atoms with Gasteiger partial charge in [0, 0.05) is 4.75 Å². The van der Waals surface area contributed by atoms with E-state index < -0.39 is 5.97 Å². The second kappa shape index (κ2) is 3.81. The van der Waals surface area contributed by atoms with E-state index in [0.717, 1.165) is 0 Å². The summed E-state index contributed by atoms with van der Waals surface area (Å²) in [6.07, 6.45) is 0.467. The highest BCUT2D eigenvalue weighted by atomic mass is 32.2. The number of carboxylic acids is 1. The molecular weight excluding hydrogens is 202 g/mol. The molecule has 80 valence electrons. The van der Waals surface area contributed by atoms with E-state index >= 15 is 0 Å². The summed E-state index contributed by atoms with van der Waals surface area (Å²) >= 11 is 1.64. The van der Waals surface area contributed by atoms with Crippen molar-refractivity contribution in [3.05, 3.63) is 0 Å². The van der Waals surface area contributed by atoms with Crippen molar-refractivity contribution in [2.75, 3.05) is 6.54 Å². The summed E-state index contributed by atoms with van der Waals surface area (Å²) in [5, 5.41) is 8.62. The minimum Gasteiger partial charge on any atom is -0.480 e. The summed E-state index contributed by atoms with van der Waals surface area (Å²) in [6, 6.07) is 0. The molecule has 1 heterocycles. The lowest BCUT2D eigenvalue weighted by molar-refractivity contribution is -0.151. The van der Waals surface area contributed by atoms with Crippen LogP contribution in [0.1, 0.15) is 27.2 Å². The van der Waals surface area contributed by atoms with Gasteiger partial charge in [-0.1, -0.05) is 20.8 Å². The van der Waals surface area contributed by atoms with Crippen LogP contribution in [-0.4, -0.2) is 38.5 Å². The zero-order valence-corrected chi connectivity index (χ0v) is 9.43. The number of aliphatic carboxylic acids is 1. The van der Waals surface area contributed by atoms with Gasteiger partial charge in [0.1, 0.15) is 6.54 Å². The minimum atomic E-state index is -0.947. The summed E-state index contributed by atoms with van der Waals surface area (Å²) in [4.78, 5) is 23.0. The largest absolute Gasteiger partial charge is 0.480 e. The van der Waals surface area contributed by atoms with Crippen molar-refractivity contribution < 1.29 is 14.7 Å². The van der Waals surface area contributed by atoms with Crippen LogP contribution in [0.25, 0.3) is 0 Å². The predicted octanol–water partition coefficient (Wildman–Crippen LogP) is 1.16. The Kier molecular flexibility index (Phi) is 3.09. The highest BCUT2D eigenvalue weighted by Crippen LogP contribution is 2.37. The van der Waals surface area contributed by atoms with E-state index in [9.17, 15) is 9.59 Å². The lowest BCUT2D eigenvalue weighted by Crippen LogP contribution is -2.53. The van der Waals surface area contributed by atoms with E-state index in [-0.39, 0.29) is 22.6 Å². The standard InChI is InChI=1S/C9H15NO3S/c1-9(2,3)14-7-4-6(11)10(7)5-8(12)13/h7H,4-5H2,1-3H3,(H,12,13). The zero-order valence-electron chi connectivity index (χ0n) is 8.61. The normalized spacial score (nSPS) is 22.1. The zero-order chi connectivity index (χ0) is 10.9. The molecule has 0 saturated carbocycles. The second-order valence-corrected chi connectivity index (χ2v) is 6.31. The molecule has 0 radical (unpaired) electrons. The number of rotatable bonds is 3. The number of carboxylic acid groups (broad SMARTS) is 1. The first-order valence-electron chi connectivity index (χ1n) is 4.49. The molecule has 1 amide bonds. The molecule has 0 bridgehead atoms. The predicted molar refractivity (Wildman–Crippen MR) is 55.1 cm³/mol. The molecule has 1 N–H and O–H groups in total. The van der Waals surface area contributed by atoms with Gasteiger partial charge in [-0.15, -0.1) is 11.8 Å². The Morgan fingerprint density at radius 1 is 1.64 bits per heavy atom. The second-order valence-electron chi connectivity index (χ2n) is 4.30. The molecule has 4 nitrogen and oxygen atoms in total.